The van der Waals surface area contributed by atoms with E-state index in [0.717, 1.165) is 12.8 Å². The lowest BCUT2D eigenvalue weighted by Crippen LogP contribution is -2.15. The molecule has 0 aromatic heterocycles. The third kappa shape index (κ3) is 43.0. The van der Waals surface area contributed by atoms with E-state index in [2.05, 4.69) is 6.92 Å². The van der Waals surface area contributed by atoms with Crippen molar-refractivity contribution in [1.29, 1.82) is 0 Å². The molecule has 0 bridgehead atoms. The lowest BCUT2D eigenvalue weighted by atomic mass is 10.1. The molecule has 288 valence electrons. The number of rotatable bonds is 43. The Balaban J connectivity index is 3.08. The van der Waals surface area contributed by atoms with Crippen LogP contribution in [0.1, 0.15) is 52.4 Å². The van der Waals surface area contributed by atoms with Crippen molar-refractivity contribution in [2.75, 3.05) is 165 Å². The van der Waals surface area contributed by atoms with Crippen LogP contribution < -0.4 is 0 Å². The molecule has 0 spiro atoms. The molecule has 14 heteroatoms. The second-order valence-electron chi connectivity index (χ2n) is 10.3. The Morgan fingerprint density at radius 3 is 0.833 bits per heavy atom. The predicted molar refractivity (Wildman–Crippen MR) is 180 cm³/mol. The standard InChI is InChI=1S/C34H68O14/c1-3-5-6-7-8-9-34(35)48-33-32-47-31-30-46-29-28-45-27-26-44-25-24-43-23-22-42-21-20-41-19-18-40-17-16-39-15-14-38-13-12-37-11-10-36-4-2/h3-33H2,1-2H3. The number of hydrogen-bond acceptors (Lipinski definition) is 14. The topological polar surface area (TPSA) is 137 Å². The molecule has 0 aliphatic rings. The first kappa shape index (κ1) is 47.0. The van der Waals surface area contributed by atoms with E-state index in [4.69, 9.17) is 61.6 Å². The molecule has 0 aromatic carbocycles. The summed E-state index contributed by atoms with van der Waals surface area (Å²) in [5.41, 5.74) is 0. The highest BCUT2D eigenvalue weighted by Crippen LogP contribution is 2.05. The number of carbonyl (C=O) groups is 1. The van der Waals surface area contributed by atoms with Gasteiger partial charge < -0.3 is 61.6 Å². The third-order valence-corrected chi connectivity index (χ3v) is 6.27. The Hall–Kier alpha value is -1.01. The van der Waals surface area contributed by atoms with Crippen LogP contribution in [-0.2, 0) is 66.4 Å². The molecule has 0 rings (SSSR count). The predicted octanol–water partition coefficient (Wildman–Crippen LogP) is 3.11. The van der Waals surface area contributed by atoms with E-state index in [0.29, 0.717) is 165 Å². The first-order chi connectivity index (χ1) is 23.8. The molecule has 0 aliphatic heterocycles. The maximum Gasteiger partial charge on any atom is 0.305 e. The summed E-state index contributed by atoms with van der Waals surface area (Å²) in [5, 5.41) is 0. The van der Waals surface area contributed by atoms with E-state index >= 15 is 0 Å². The molecule has 48 heavy (non-hydrogen) atoms. The van der Waals surface area contributed by atoms with Gasteiger partial charge in [-0.15, -0.1) is 0 Å². The van der Waals surface area contributed by atoms with Crippen LogP contribution in [0, 0.1) is 0 Å². The minimum atomic E-state index is -0.148. The van der Waals surface area contributed by atoms with Gasteiger partial charge in [-0.1, -0.05) is 32.6 Å². The van der Waals surface area contributed by atoms with Crippen molar-refractivity contribution in [3.8, 4) is 0 Å². The van der Waals surface area contributed by atoms with Crippen LogP contribution in [0.2, 0.25) is 0 Å². The van der Waals surface area contributed by atoms with Crippen molar-refractivity contribution >= 4 is 5.97 Å². The van der Waals surface area contributed by atoms with Crippen LogP contribution >= 0.6 is 0 Å². The van der Waals surface area contributed by atoms with Crippen molar-refractivity contribution < 1.29 is 66.4 Å². The number of esters is 1. The molecule has 0 atom stereocenters. The number of hydrogen-bond donors (Lipinski definition) is 0. The normalized spacial score (nSPS) is 11.5. The molecule has 0 aromatic rings. The zero-order chi connectivity index (χ0) is 34.7. The molecule has 0 heterocycles. The maximum atomic E-state index is 11.6. The zero-order valence-electron chi connectivity index (χ0n) is 30.1. The smallest absolute Gasteiger partial charge is 0.305 e. The summed E-state index contributed by atoms with van der Waals surface area (Å²) >= 11 is 0. The molecule has 0 saturated carbocycles. The Labute approximate surface area is 289 Å². The number of ether oxygens (including phenoxy) is 13. The summed E-state index contributed by atoms with van der Waals surface area (Å²) in [6.45, 7) is 16.8. The first-order valence-corrected chi connectivity index (χ1v) is 17.9. The Kier molecular flexibility index (Phi) is 43.1. The monoisotopic (exact) mass is 700 g/mol. The van der Waals surface area contributed by atoms with Crippen molar-refractivity contribution in [3.05, 3.63) is 0 Å². The average Bonchev–Trinajstić information content (AvgIpc) is 3.09. The molecular formula is C34H68O14. The van der Waals surface area contributed by atoms with E-state index in [1.807, 2.05) is 6.92 Å². The number of carbonyl (C=O) groups excluding carboxylic acids is 1. The van der Waals surface area contributed by atoms with E-state index in [1.54, 1.807) is 0 Å². The van der Waals surface area contributed by atoms with Gasteiger partial charge in [0.05, 0.1) is 152 Å². The zero-order valence-corrected chi connectivity index (χ0v) is 30.1. The summed E-state index contributed by atoms with van der Waals surface area (Å²) in [6, 6.07) is 0. The number of unbranched alkanes of at least 4 members (excludes halogenated alkanes) is 4. The van der Waals surface area contributed by atoms with Gasteiger partial charge in [0.25, 0.3) is 0 Å². The van der Waals surface area contributed by atoms with E-state index < -0.39 is 0 Å². The fourth-order valence-electron chi connectivity index (χ4n) is 3.72. The SMILES string of the molecule is CCCCCCCC(=O)OCCOCCOCCOCCOCCOCCOCCOCCOCCOCCOCCOCCOCC. The van der Waals surface area contributed by atoms with Gasteiger partial charge >= 0.3 is 5.97 Å². The van der Waals surface area contributed by atoms with Gasteiger partial charge in [0.15, 0.2) is 0 Å². The minimum absolute atomic E-state index is 0.148. The van der Waals surface area contributed by atoms with E-state index in [-0.39, 0.29) is 12.6 Å². The quantitative estimate of drug-likeness (QED) is 0.0681. The average molecular weight is 701 g/mol. The highest BCUT2D eigenvalue weighted by atomic mass is 16.6. The van der Waals surface area contributed by atoms with Crippen LogP contribution in [0.5, 0.6) is 0 Å². The summed E-state index contributed by atoms with van der Waals surface area (Å²) in [5.74, 6) is -0.148. The first-order valence-electron chi connectivity index (χ1n) is 17.9. The fourth-order valence-corrected chi connectivity index (χ4v) is 3.72. The third-order valence-electron chi connectivity index (χ3n) is 6.27. The second-order valence-corrected chi connectivity index (χ2v) is 10.3. The molecule has 0 unspecified atom stereocenters. The van der Waals surface area contributed by atoms with Gasteiger partial charge in [-0.25, -0.2) is 0 Å². The molecule has 0 fully saturated rings. The van der Waals surface area contributed by atoms with Crippen molar-refractivity contribution in [2.45, 2.75) is 52.4 Å². The molecule has 0 aliphatic carbocycles. The van der Waals surface area contributed by atoms with Crippen LogP contribution in [-0.4, -0.2) is 171 Å². The van der Waals surface area contributed by atoms with Gasteiger partial charge in [0.2, 0.25) is 0 Å². The lowest BCUT2D eigenvalue weighted by molar-refractivity contribution is -0.145. The molecule has 14 nitrogen and oxygen atoms in total. The van der Waals surface area contributed by atoms with Gasteiger partial charge in [0, 0.05) is 13.0 Å². The summed E-state index contributed by atoms with van der Waals surface area (Å²) < 4.78 is 70.3. The largest absolute Gasteiger partial charge is 0.463 e. The fraction of sp³-hybridized carbons (Fsp3) is 0.971. The van der Waals surface area contributed by atoms with Crippen LogP contribution in [0.25, 0.3) is 0 Å². The Morgan fingerprint density at radius 2 is 0.562 bits per heavy atom. The highest BCUT2D eigenvalue weighted by Gasteiger charge is 2.02. The summed E-state index contributed by atoms with van der Waals surface area (Å²) in [7, 11) is 0. The molecule has 0 N–H and O–H groups in total. The molecule has 0 radical (unpaired) electrons. The minimum Gasteiger partial charge on any atom is -0.463 e. The highest BCUT2D eigenvalue weighted by molar-refractivity contribution is 5.69. The Bertz CT molecular complexity index is 602. The lowest BCUT2D eigenvalue weighted by Gasteiger charge is -2.09. The van der Waals surface area contributed by atoms with Crippen molar-refractivity contribution in [1.82, 2.24) is 0 Å². The van der Waals surface area contributed by atoms with Crippen LogP contribution in [0.15, 0.2) is 0 Å². The second kappa shape index (κ2) is 44.0. The van der Waals surface area contributed by atoms with Gasteiger partial charge in [-0.3, -0.25) is 4.79 Å². The Morgan fingerprint density at radius 1 is 0.312 bits per heavy atom. The van der Waals surface area contributed by atoms with Crippen molar-refractivity contribution in [2.24, 2.45) is 0 Å². The van der Waals surface area contributed by atoms with Gasteiger partial charge in [0.1, 0.15) is 6.61 Å². The van der Waals surface area contributed by atoms with Crippen LogP contribution in [0.3, 0.4) is 0 Å². The maximum absolute atomic E-state index is 11.6. The summed E-state index contributed by atoms with van der Waals surface area (Å²) in [6.07, 6.45) is 6.07. The van der Waals surface area contributed by atoms with E-state index in [1.165, 1.54) is 19.3 Å². The summed E-state index contributed by atoms with van der Waals surface area (Å²) in [4.78, 5) is 11.6. The van der Waals surface area contributed by atoms with Crippen LogP contribution in [0.4, 0.5) is 0 Å². The molecule has 0 saturated heterocycles. The molecular weight excluding hydrogens is 632 g/mol. The van der Waals surface area contributed by atoms with Gasteiger partial charge in [-0.2, -0.15) is 0 Å². The van der Waals surface area contributed by atoms with Crippen molar-refractivity contribution in [3.63, 3.8) is 0 Å². The van der Waals surface area contributed by atoms with E-state index in [9.17, 15) is 4.79 Å². The van der Waals surface area contributed by atoms with Gasteiger partial charge in [-0.05, 0) is 13.3 Å². The molecule has 0 amide bonds.